The van der Waals surface area contributed by atoms with E-state index >= 15 is 0 Å². The molecule has 1 aliphatic carbocycles. The van der Waals surface area contributed by atoms with Crippen molar-refractivity contribution in [1.29, 1.82) is 0 Å². The molecule has 2 aliphatic rings. The second-order valence-electron chi connectivity index (χ2n) is 7.80. The van der Waals surface area contributed by atoms with Crippen LogP contribution in [0, 0.1) is 11.3 Å². The number of rotatable bonds is 2. The molecule has 1 N–H and O–H groups in total. The van der Waals surface area contributed by atoms with Gasteiger partial charge in [0.2, 0.25) is 0 Å². The normalized spacial score (nSPS) is 35.1. The van der Waals surface area contributed by atoms with E-state index in [1.165, 1.54) is 58.0 Å². The lowest BCUT2D eigenvalue weighted by Gasteiger charge is -2.37. The van der Waals surface area contributed by atoms with Crippen molar-refractivity contribution >= 4 is 0 Å². The monoisotopic (exact) mass is 266 g/mol. The Bertz CT molecular complexity index is 269. The summed E-state index contributed by atoms with van der Waals surface area (Å²) in [6.07, 6.45) is 9.91. The Hall–Kier alpha value is -0.0800. The highest BCUT2D eigenvalue weighted by atomic mass is 15.2. The number of hydrogen-bond acceptors (Lipinski definition) is 2. The number of nitrogens with zero attached hydrogens (tertiary/aromatic N) is 1. The van der Waals surface area contributed by atoms with Gasteiger partial charge in [0.05, 0.1) is 0 Å². The van der Waals surface area contributed by atoms with Gasteiger partial charge in [0.25, 0.3) is 0 Å². The zero-order chi connectivity index (χ0) is 13.9. The molecule has 0 bridgehead atoms. The first-order chi connectivity index (χ1) is 9.02. The molecule has 3 atom stereocenters. The molecule has 1 aliphatic heterocycles. The predicted octanol–water partition coefficient (Wildman–Crippen LogP) is 3.67. The summed E-state index contributed by atoms with van der Waals surface area (Å²) >= 11 is 0. The number of likely N-dealkylation sites (tertiary alicyclic amines) is 1. The molecule has 2 rings (SSSR count). The molecule has 1 heterocycles. The Labute approximate surface area is 120 Å². The Morgan fingerprint density at radius 3 is 2.21 bits per heavy atom. The molecule has 3 unspecified atom stereocenters. The van der Waals surface area contributed by atoms with E-state index in [2.05, 4.69) is 38.0 Å². The van der Waals surface area contributed by atoms with E-state index in [1.54, 1.807) is 0 Å². The third kappa shape index (κ3) is 3.95. The number of likely N-dealkylation sites (N-methyl/N-ethyl adjacent to an activating group) is 1. The molecular formula is C17H34N2. The third-order valence-electron chi connectivity index (χ3n) is 5.51. The van der Waals surface area contributed by atoms with Crippen molar-refractivity contribution in [2.24, 2.45) is 11.3 Å². The zero-order valence-electron chi connectivity index (χ0n) is 13.5. The Morgan fingerprint density at radius 2 is 1.63 bits per heavy atom. The van der Waals surface area contributed by atoms with E-state index in [0.29, 0.717) is 5.41 Å². The van der Waals surface area contributed by atoms with Crippen molar-refractivity contribution in [1.82, 2.24) is 10.2 Å². The second-order valence-corrected chi connectivity index (χ2v) is 7.80. The van der Waals surface area contributed by atoms with Gasteiger partial charge >= 0.3 is 0 Å². The lowest BCUT2D eigenvalue weighted by molar-refractivity contribution is 0.146. The van der Waals surface area contributed by atoms with E-state index < -0.39 is 0 Å². The quantitative estimate of drug-likeness (QED) is 0.820. The standard InChI is InChI=1S/C17H34N2/c1-17(2,3)14-11-12-19(13-14)16-10-8-6-5-7-9-15(16)18-4/h14-16,18H,5-13H2,1-4H3. The van der Waals surface area contributed by atoms with Gasteiger partial charge in [-0.2, -0.15) is 0 Å². The highest BCUT2D eigenvalue weighted by Gasteiger charge is 2.36. The summed E-state index contributed by atoms with van der Waals surface area (Å²) in [5.41, 5.74) is 0.478. The average molecular weight is 266 g/mol. The van der Waals surface area contributed by atoms with E-state index in [9.17, 15) is 0 Å². The summed E-state index contributed by atoms with van der Waals surface area (Å²) in [4.78, 5) is 2.81. The van der Waals surface area contributed by atoms with Gasteiger partial charge < -0.3 is 5.32 Å². The highest BCUT2D eigenvalue weighted by Crippen LogP contribution is 2.36. The van der Waals surface area contributed by atoms with E-state index in [1.807, 2.05) is 0 Å². The second kappa shape index (κ2) is 6.58. The highest BCUT2D eigenvalue weighted by molar-refractivity contribution is 4.92. The van der Waals surface area contributed by atoms with Crippen LogP contribution in [0.25, 0.3) is 0 Å². The van der Waals surface area contributed by atoms with Crippen LogP contribution in [0.2, 0.25) is 0 Å². The number of nitrogens with one attached hydrogen (secondary N) is 1. The summed E-state index contributed by atoms with van der Waals surface area (Å²) < 4.78 is 0. The topological polar surface area (TPSA) is 15.3 Å². The largest absolute Gasteiger partial charge is 0.315 e. The van der Waals surface area contributed by atoms with Crippen LogP contribution in [0.4, 0.5) is 0 Å². The maximum atomic E-state index is 3.61. The summed E-state index contributed by atoms with van der Waals surface area (Å²) in [5.74, 6) is 0.885. The first-order valence-corrected chi connectivity index (χ1v) is 8.43. The predicted molar refractivity (Wildman–Crippen MR) is 83.5 cm³/mol. The van der Waals surface area contributed by atoms with Crippen LogP contribution in [0.3, 0.4) is 0 Å². The fourth-order valence-corrected chi connectivity index (χ4v) is 4.03. The molecule has 112 valence electrons. The van der Waals surface area contributed by atoms with Gasteiger partial charge in [0.15, 0.2) is 0 Å². The minimum atomic E-state index is 0.478. The van der Waals surface area contributed by atoms with Crippen LogP contribution >= 0.6 is 0 Å². The van der Waals surface area contributed by atoms with Gasteiger partial charge in [-0.15, -0.1) is 0 Å². The summed E-state index contributed by atoms with van der Waals surface area (Å²) in [7, 11) is 2.16. The van der Waals surface area contributed by atoms with Gasteiger partial charge in [0.1, 0.15) is 0 Å². The zero-order valence-corrected chi connectivity index (χ0v) is 13.5. The lowest BCUT2D eigenvalue weighted by Crippen LogP contribution is -2.49. The molecule has 0 radical (unpaired) electrons. The van der Waals surface area contributed by atoms with Crippen LogP contribution in [-0.4, -0.2) is 37.1 Å². The maximum absolute atomic E-state index is 3.61. The Kier molecular flexibility index (Phi) is 5.30. The summed E-state index contributed by atoms with van der Waals surface area (Å²) in [5, 5.41) is 3.61. The first-order valence-electron chi connectivity index (χ1n) is 8.43. The smallest absolute Gasteiger partial charge is 0.0249 e. The molecule has 0 aromatic rings. The lowest BCUT2D eigenvalue weighted by atomic mass is 9.80. The van der Waals surface area contributed by atoms with Crippen molar-refractivity contribution in [3.05, 3.63) is 0 Å². The van der Waals surface area contributed by atoms with Crippen molar-refractivity contribution in [2.45, 2.75) is 77.8 Å². The Balaban J connectivity index is 1.98. The molecule has 0 spiro atoms. The summed E-state index contributed by atoms with van der Waals surface area (Å²) in [6, 6.07) is 1.51. The third-order valence-corrected chi connectivity index (χ3v) is 5.51. The molecule has 19 heavy (non-hydrogen) atoms. The van der Waals surface area contributed by atoms with Crippen LogP contribution in [-0.2, 0) is 0 Å². The van der Waals surface area contributed by atoms with Crippen LogP contribution in [0.5, 0.6) is 0 Å². The van der Waals surface area contributed by atoms with Crippen LogP contribution in [0.1, 0.15) is 65.7 Å². The molecule has 1 saturated carbocycles. The van der Waals surface area contributed by atoms with Crippen molar-refractivity contribution in [2.75, 3.05) is 20.1 Å². The first kappa shape index (κ1) is 15.3. The van der Waals surface area contributed by atoms with Crippen molar-refractivity contribution < 1.29 is 0 Å². The summed E-state index contributed by atoms with van der Waals surface area (Å²) in [6.45, 7) is 9.88. The minimum Gasteiger partial charge on any atom is -0.315 e. The molecule has 0 aromatic carbocycles. The molecule has 0 amide bonds. The molecule has 1 saturated heterocycles. The van der Waals surface area contributed by atoms with Crippen molar-refractivity contribution in [3.63, 3.8) is 0 Å². The van der Waals surface area contributed by atoms with E-state index in [-0.39, 0.29) is 0 Å². The van der Waals surface area contributed by atoms with Gasteiger partial charge in [-0.05, 0) is 44.2 Å². The average Bonchev–Trinajstić information content (AvgIpc) is 2.78. The molecular weight excluding hydrogens is 232 g/mol. The Morgan fingerprint density at radius 1 is 0.947 bits per heavy atom. The van der Waals surface area contributed by atoms with Gasteiger partial charge in [0, 0.05) is 18.6 Å². The van der Waals surface area contributed by atoms with Crippen LogP contribution < -0.4 is 5.32 Å². The van der Waals surface area contributed by atoms with Gasteiger partial charge in [-0.25, -0.2) is 0 Å². The van der Waals surface area contributed by atoms with Gasteiger partial charge in [-0.3, -0.25) is 4.90 Å². The minimum absolute atomic E-state index is 0.478. The molecule has 2 heteroatoms. The SMILES string of the molecule is CNC1CCCCCCC1N1CCC(C(C)(C)C)C1. The van der Waals surface area contributed by atoms with Crippen molar-refractivity contribution in [3.8, 4) is 0 Å². The maximum Gasteiger partial charge on any atom is 0.0249 e. The fraction of sp³-hybridized carbons (Fsp3) is 1.00. The molecule has 2 nitrogen and oxygen atoms in total. The molecule has 0 aromatic heterocycles. The van der Waals surface area contributed by atoms with Crippen LogP contribution in [0.15, 0.2) is 0 Å². The van der Waals surface area contributed by atoms with E-state index in [0.717, 1.165) is 18.0 Å². The molecule has 2 fully saturated rings. The number of hydrogen-bond donors (Lipinski definition) is 1. The fourth-order valence-electron chi connectivity index (χ4n) is 4.03. The van der Waals surface area contributed by atoms with Gasteiger partial charge in [-0.1, -0.05) is 46.5 Å². The van der Waals surface area contributed by atoms with E-state index in [4.69, 9.17) is 0 Å².